The second-order valence-corrected chi connectivity index (χ2v) is 5.44. The van der Waals surface area contributed by atoms with Crippen molar-refractivity contribution >= 4 is 0 Å². The first kappa shape index (κ1) is 15.0. The summed E-state index contributed by atoms with van der Waals surface area (Å²) in [5, 5.41) is 16.6. The Morgan fingerprint density at radius 2 is 1.70 bits per heavy atom. The van der Waals surface area contributed by atoms with Crippen LogP contribution in [0.5, 0.6) is 0 Å². The maximum atomic E-state index is 8.92. The maximum Gasteiger partial charge on any atom is 0.0991 e. The number of rotatable bonds is 6. The van der Waals surface area contributed by atoms with Crippen molar-refractivity contribution in [3.8, 4) is 6.07 Å². The van der Waals surface area contributed by atoms with Crippen molar-refractivity contribution in [3.05, 3.63) is 89.2 Å². The molecule has 3 aromatic rings. The van der Waals surface area contributed by atoms with Crippen molar-refractivity contribution in [2.75, 3.05) is 0 Å². The molecule has 0 amide bonds. The molecule has 0 aliphatic heterocycles. The van der Waals surface area contributed by atoms with Crippen LogP contribution in [0.1, 0.15) is 22.3 Å². The Labute approximate surface area is 136 Å². The number of nitriles is 1. The fourth-order valence-corrected chi connectivity index (χ4v) is 2.52. The molecule has 0 saturated carbocycles. The van der Waals surface area contributed by atoms with Crippen LogP contribution in [0.2, 0.25) is 0 Å². The lowest BCUT2D eigenvalue weighted by Gasteiger charge is -2.08. The molecule has 0 radical (unpaired) electrons. The normalized spacial score (nSPS) is 10.4. The van der Waals surface area contributed by atoms with Crippen LogP contribution in [0.3, 0.4) is 0 Å². The average molecular weight is 302 g/mol. The molecule has 23 heavy (non-hydrogen) atoms. The van der Waals surface area contributed by atoms with E-state index in [4.69, 9.17) is 5.26 Å². The molecule has 0 aliphatic rings. The molecule has 114 valence electrons. The molecule has 3 rings (SSSR count). The highest BCUT2D eigenvalue weighted by molar-refractivity contribution is 5.32. The molecule has 4 nitrogen and oxygen atoms in total. The summed E-state index contributed by atoms with van der Waals surface area (Å²) >= 11 is 0. The topological polar surface area (TPSA) is 53.6 Å². The second-order valence-electron chi connectivity index (χ2n) is 5.44. The molecular weight excluding hydrogens is 284 g/mol. The van der Waals surface area contributed by atoms with Gasteiger partial charge >= 0.3 is 0 Å². The van der Waals surface area contributed by atoms with Gasteiger partial charge in [-0.2, -0.15) is 10.4 Å². The first-order valence-electron chi connectivity index (χ1n) is 7.58. The summed E-state index contributed by atoms with van der Waals surface area (Å²) in [5.41, 5.74) is 4.30. The molecule has 4 heteroatoms. The SMILES string of the molecule is N#Cc1cccc(CNCc2cccc(Cn3cccn3)c2)c1. The molecule has 1 N–H and O–H groups in total. The molecule has 2 aromatic carbocycles. The van der Waals surface area contributed by atoms with Crippen molar-refractivity contribution in [3.63, 3.8) is 0 Å². The van der Waals surface area contributed by atoms with Crippen LogP contribution in [-0.2, 0) is 19.6 Å². The van der Waals surface area contributed by atoms with E-state index in [0.717, 1.165) is 25.2 Å². The van der Waals surface area contributed by atoms with Gasteiger partial charge in [-0.1, -0.05) is 36.4 Å². The van der Waals surface area contributed by atoms with Crippen molar-refractivity contribution in [2.24, 2.45) is 0 Å². The van der Waals surface area contributed by atoms with Gasteiger partial charge in [0.15, 0.2) is 0 Å². The lowest BCUT2D eigenvalue weighted by Crippen LogP contribution is -2.13. The van der Waals surface area contributed by atoms with E-state index < -0.39 is 0 Å². The highest BCUT2D eigenvalue weighted by atomic mass is 15.3. The average Bonchev–Trinajstić information content (AvgIpc) is 3.08. The first-order chi connectivity index (χ1) is 11.3. The van der Waals surface area contributed by atoms with Crippen molar-refractivity contribution in [1.29, 1.82) is 5.26 Å². The van der Waals surface area contributed by atoms with Crippen LogP contribution in [0.15, 0.2) is 67.0 Å². The lowest BCUT2D eigenvalue weighted by atomic mass is 10.1. The van der Waals surface area contributed by atoms with Gasteiger partial charge in [-0.15, -0.1) is 0 Å². The van der Waals surface area contributed by atoms with Gasteiger partial charge in [-0.25, -0.2) is 0 Å². The van der Waals surface area contributed by atoms with Crippen molar-refractivity contribution < 1.29 is 0 Å². The third-order valence-corrected chi connectivity index (χ3v) is 3.61. The Kier molecular flexibility index (Phi) is 4.82. The smallest absolute Gasteiger partial charge is 0.0991 e. The van der Waals surface area contributed by atoms with E-state index in [1.165, 1.54) is 11.1 Å². The number of nitrogens with one attached hydrogen (secondary N) is 1. The zero-order valence-corrected chi connectivity index (χ0v) is 12.8. The van der Waals surface area contributed by atoms with Crippen LogP contribution in [-0.4, -0.2) is 9.78 Å². The monoisotopic (exact) mass is 302 g/mol. The maximum absolute atomic E-state index is 8.92. The van der Waals surface area contributed by atoms with Gasteiger partial charge in [0, 0.05) is 25.5 Å². The van der Waals surface area contributed by atoms with Crippen LogP contribution in [0.4, 0.5) is 0 Å². The number of hydrogen-bond donors (Lipinski definition) is 1. The Hall–Kier alpha value is -2.90. The van der Waals surface area contributed by atoms with E-state index in [1.807, 2.05) is 41.2 Å². The molecule has 0 fully saturated rings. The van der Waals surface area contributed by atoms with Crippen molar-refractivity contribution in [2.45, 2.75) is 19.6 Å². The van der Waals surface area contributed by atoms with Gasteiger partial charge in [-0.3, -0.25) is 4.68 Å². The number of nitrogens with zero attached hydrogens (tertiary/aromatic N) is 3. The standard InChI is InChI=1S/C19H18N4/c20-12-16-4-1-5-17(10-16)13-21-14-18-6-2-7-19(11-18)15-23-9-3-8-22-23/h1-11,21H,13-15H2. The largest absolute Gasteiger partial charge is 0.309 e. The summed E-state index contributed by atoms with van der Waals surface area (Å²) in [5.74, 6) is 0. The predicted molar refractivity (Wildman–Crippen MR) is 89.5 cm³/mol. The molecule has 0 unspecified atom stereocenters. The summed E-state index contributed by atoms with van der Waals surface area (Å²) in [6.45, 7) is 2.33. The zero-order valence-electron chi connectivity index (χ0n) is 12.8. The quantitative estimate of drug-likeness (QED) is 0.761. The number of hydrogen-bond acceptors (Lipinski definition) is 3. The van der Waals surface area contributed by atoms with E-state index >= 15 is 0 Å². The molecule has 0 aliphatic carbocycles. The first-order valence-corrected chi connectivity index (χ1v) is 7.58. The fourth-order valence-electron chi connectivity index (χ4n) is 2.52. The minimum Gasteiger partial charge on any atom is -0.309 e. The predicted octanol–water partition coefficient (Wildman–Crippen LogP) is 3.09. The summed E-state index contributed by atoms with van der Waals surface area (Å²) in [6.07, 6.45) is 3.76. The Bertz CT molecular complexity index is 800. The van der Waals surface area contributed by atoms with Crippen LogP contribution >= 0.6 is 0 Å². The van der Waals surface area contributed by atoms with E-state index in [-0.39, 0.29) is 0 Å². The minimum atomic E-state index is 0.700. The Balaban J connectivity index is 1.57. The minimum absolute atomic E-state index is 0.700. The van der Waals surface area contributed by atoms with E-state index in [0.29, 0.717) is 5.56 Å². The van der Waals surface area contributed by atoms with Gasteiger partial charge < -0.3 is 5.32 Å². The summed E-state index contributed by atoms with van der Waals surface area (Å²) in [7, 11) is 0. The van der Waals surface area contributed by atoms with E-state index in [2.05, 4.69) is 40.8 Å². The van der Waals surface area contributed by atoms with Gasteiger partial charge in [0.1, 0.15) is 0 Å². The second kappa shape index (κ2) is 7.39. The lowest BCUT2D eigenvalue weighted by molar-refractivity contribution is 0.677. The van der Waals surface area contributed by atoms with Gasteiger partial charge in [0.2, 0.25) is 0 Å². The molecule has 0 bridgehead atoms. The molecular formula is C19H18N4. The molecule has 0 saturated heterocycles. The Morgan fingerprint density at radius 1 is 0.957 bits per heavy atom. The fraction of sp³-hybridized carbons (Fsp3) is 0.158. The summed E-state index contributed by atoms with van der Waals surface area (Å²) in [6, 6.07) is 20.3. The molecule has 1 aromatic heterocycles. The molecule has 0 spiro atoms. The zero-order chi connectivity index (χ0) is 15.9. The van der Waals surface area contributed by atoms with Gasteiger partial charge in [-0.05, 0) is 34.9 Å². The third-order valence-electron chi connectivity index (χ3n) is 3.61. The number of aromatic nitrogens is 2. The third kappa shape index (κ3) is 4.29. The van der Waals surface area contributed by atoms with Gasteiger partial charge in [0.25, 0.3) is 0 Å². The highest BCUT2D eigenvalue weighted by Crippen LogP contribution is 2.08. The van der Waals surface area contributed by atoms with Gasteiger partial charge in [0.05, 0.1) is 18.2 Å². The highest BCUT2D eigenvalue weighted by Gasteiger charge is 1.99. The van der Waals surface area contributed by atoms with Crippen LogP contribution in [0, 0.1) is 11.3 Å². The Morgan fingerprint density at radius 3 is 2.43 bits per heavy atom. The summed E-state index contributed by atoms with van der Waals surface area (Å²) in [4.78, 5) is 0. The van der Waals surface area contributed by atoms with Crippen LogP contribution < -0.4 is 5.32 Å². The molecule has 0 atom stereocenters. The molecule has 1 heterocycles. The van der Waals surface area contributed by atoms with E-state index in [9.17, 15) is 0 Å². The number of benzene rings is 2. The van der Waals surface area contributed by atoms with Crippen LogP contribution in [0.25, 0.3) is 0 Å². The van der Waals surface area contributed by atoms with Crippen molar-refractivity contribution in [1.82, 2.24) is 15.1 Å². The van der Waals surface area contributed by atoms with E-state index in [1.54, 1.807) is 6.20 Å². The summed E-state index contributed by atoms with van der Waals surface area (Å²) < 4.78 is 1.92.